The molecule has 4 heteroatoms. The van der Waals surface area contributed by atoms with Gasteiger partial charge in [0.15, 0.2) is 0 Å². The van der Waals surface area contributed by atoms with Gasteiger partial charge in [0.05, 0.1) is 6.61 Å². The zero-order chi connectivity index (χ0) is 17.7. The number of esters is 1. The van der Waals surface area contributed by atoms with Crippen molar-refractivity contribution in [2.24, 2.45) is 11.8 Å². The van der Waals surface area contributed by atoms with Gasteiger partial charge in [-0.2, -0.15) is 5.26 Å². The minimum absolute atomic E-state index is 0.232. The van der Waals surface area contributed by atoms with E-state index in [-0.39, 0.29) is 5.57 Å². The van der Waals surface area contributed by atoms with Crippen molar-refractivity contribution >= 4 is 5.97 Å². The Morgan fingerprint density at radius 1 is 1.38 bits per heavy atom. The van der Waals surface area contributed by atoms with Crippen molar-refractivity contribution in [1.29, 1.82) is 5.26 Å². The van der Waals surface area contributed by atoms with Gasteiger partial charge in [-0.05, 0) is 48.7 Å². The number of nitrogens with zero attached hydrogens (tertiary/aromatic N) is 2. The SMILES string of the molecule is CCC(CC)COC(=O)/C(C#N)=C1/CC(C)CC2=C1CCCN2C. The minimum atomic E-state index is -0.437. The lowest BCUT2D eigenvalue weighted by Crippen LogP contribution is -2.30. The first-order valence-corrected chi connectivity index (χ1v) is 9.25. The van der Waals surface area contributed by atoms with Gasteiger partial charge in [0.1, 0.15) is 11.6 Å². The molecule has 0 saturated carbocycles. The highest BCUT2D eigenvalue weighted by Gasteiger charge is 2.31. The van der Waals surface area contributed by atoms with Gasteiger partial charge in [-0.15, -0.1) is 0 Å². The van der Waals surface area contributed by atoms with Crippen molar-refractivity contribution in [3.8, 4) is 6.07 Å². The quantitative estimate of drug-likeness (QED) is 0.431. The van der Waals surface area contributed by atoms with E-state index in [4.69, 9.17) is 4.74 Å². The van der Waals surface area contributed by atoms with Gasteiger partial charge in [0, 0.05) is 19.3 Å². The first kappa shape index (κ1) is 18.6. The lowest BCUT2D eigenvalue weighted by molar-refractivity contribution is -0.140. The normalized spacial score (nSPS) is 23.0. The molecule has 0 aromatic rings. The van der Waals surface area contributed by atoms with Crippen molar-refractivity contribution in [1.82, 2.24) is 4.90 Å². The number of allylic oxidation sites excluding steroid dienone is 3. The van der Waals surface area contributed by atoms with Crippen molar-refractivity contribution < 1.29 is 9.53 Å². The van der Waals surface area contributed by atoms with Crippen LogP contribution in [0.3, 0.4) is 0 Å². The fourth-order valence-corrected chi connectivity index (χ4v) is 3.76. The van der Waals surface area contributed by atoms with Crippen LogP contribution in [0.4, 0.5) is 0 Å². The molecule has 0 aromatic heterocycles. The summed E-state index contributed by atoms with van der Waals surface area (Å²) < 4.78 is 5.48. The third-order valence-corrected chi connectivity index (χ3v) is 5.41. The predicted molar refractivity (Wildman–Crippen MR) is 95.0 cm³/mol. The van der Waals surface area contributed by atoms with Crippen LogP contribution in [0.2, 0.25) is 0 Å². The summed E-state index contributed by atoms with van der Waals surface area (Å²) in [6.07, 6.45) is 5.85. The largest absolute Gasteiger partial charge is 0.461 e. The van der Waals surface area contributed by atoms with Crippen molar-refractivity contribution in [3.05, 3.63) is 22.4 Å². The van der Waals surface area contributed by atoms with E-state index < -0.39 is 5.97 Å². The van der Waals surface area contributed by atoms with E-state index in [2.05, 4.69) is 38.8 Å². The Hall–Kier alpha value is -1.76. The van der Waals surface area contributed by atoms with Gasteiger partial charge < -0.3 is 9.64 Å². The second-order valence-electron chi connectivity index (χ2n) is 7.21. The molecule has 1 unspecified atom stereocenters. The Balaban J connectivity index is 2.29. The molecule has 1 aliphatic carbocycles. The molecule has 1 aliphatic heterocycles. The van der Waals surface area contributed by atoms with Crippen molar-refractivity contribution in [2.75, 3.05) is 20.2 Å². The molecule has 0 fully saturated rings. The van der Waals surface area contributed by atoms with Crippen LogP contribution in [-0.4, -0.2) is 31.1 Å². The van der Waals surface area contributed by atoms with Crippen LogP contribution >= 0.6 is 0 Å². The molecule has 24 heavy (non-hydrogen) atoms. The highest BCUT2D eigenvalue weighted by molar-refractivity contribution is 5.94. The molecular weight excluding hydrogens is 300 g/mol. The molecule has 0 radical (unpaired) electrons. The standard InChI is InChI=1S/C20H30N2O2/c1-5-15(6-2)13-24-20(23)18(12-21)17-10-14(3)11-19-16(17)8-7-9-22(19)4/h14-15H,5-11,13H2,1-4H3/b18-17-. The Bertz CT molecular complexity index is 579. The number of hydrogen-bond acceptors (Lipinski definition) is 4. The number of carbonyl (C=O) groups is 1. The molecule has 0 spiro atoms. The fourth-order valence-electron chi connectivity index (χ4n) is 3.76. The van der Waals surface area contributed by atoms with Gasteiger partial charge in [0.2, 0.25) is 0 Å². The molecule has 0 aromatic carbocycles. The zero-order valence-electron chi connectivity index (χ0n) is 15.5. The number of hydrogen-bond donors (Lipinski definition) is 0. The molecule has 132 valence electrons. The first-order chi connectivity index (χ1) is 11.5. The van der Waals surface area contributed by atoms with Gasteiger partial charge >= 0.3 is 5.97 Å². The second-order valence-corrected chi connectivity index (χ2v) is 7.21. The van der Waals surface area contributed by atoms with Gasteiger partial charge in [-0.25, -0.2) is 4.79 Å². The Morgan fingerprint density at radius 2 is 2.08 bits per heavy atom. The smallest absolute Gasteiger partial charge is 0.349 e. The average molecular weight is 330 g/mol. The topological polar surface area (TPSA) is 53.3 Å². The number of carbonyl (C=O) groups excluding carboxylic acids is 1. The maximum absolute atomic E-state index is 12.5. The van der Waals surface area contributed by atoms with Crippen molar-refractivity contribution in [2.45, 2.75) is 59.3 Å². The van der Waals surface area contributed by atoms with Gasteiger partial charge in [-0.1, -0.05) is 33.6 Å². The van der Waals surface area contributed by atoms with Gasteiger partial charge in [0.25, 0.3) is 0 Å². The summed E-state index contributed by atoms with van der Waals surface area (Å²) in [5, 5.41) is 9.63. The van der Waals surface area contributed by atoms with E-state index in [0.29, 0.717) is 18.4 Å². The molecule has 1 heterocycles. The van der Waals surface area contributed by atoms with Crippen LogP contribution in [0.15, 0.2) is 22.4 Å². The Kier molecular flexibility index (Phi) is 6.48. The maximum Gasteiger partial charge on any atom is 0.349 e. The van der Waals surface area contributed by atoms with E-state index in [1.54, 1.807) is 0 Å². The molecular formula is C20H30N2O2. The summed E-state index contributed by atoms with van der Waals surface area (Å²) in [6.45, 7) is 7.86. The maximum atomic E-state index is 12.5. The molecule has 1 atom stereocenters. The van der Waals surface area contributed by atoms with E-state index in [1.807, 2.05) is 0 Å². The average Bonchev–Trinajstić information content (AvgIpc) is 2.57. The Morgan fingerprint density at radius 3 is 2.71 bits per heavy atom. The van der Waals surface area contributed by atoms with Crippen LogP contribution in [-0.2, 0) is 9.53 Å². The predicted octanol–water partition coefficient (Wildman–Crippen LogP) is 4.20. The first-order valence-electron chi connectivity index (χ1n) is 9.25. The number of rotatable bonds is 5. The lowest BCUT2D eigenvalue weighted by atomic mass is 9.78. The van der Waals surface area contributed by atoms with Crippen LogP contribution in [0, 0.1) is 23.2 Å². The summed E-state index contributed by atoms with van der Waals surface area (Å²) in [5.74, 6) is 0.392. The third-order valence-electron chi connectivity index (χ3n) is 5.41. The van der Waals surface area contributed by atoms with Crippen LogP contribution in [0.5, 0.6) is 0 Å². The van der Waals surface area contributed by atoms with E-state index in [1.165, 1.54) is 11.3 Å². The number of ether oxygens (including phenoxy) is 1. The molecule has 0 N–H and O–H groups in total. The fraction of sp³-hybridized carbons (Fsp3) is 0.700. The molecule has 2 rings (SSSR count). The molecule has 0 bridgehead atoms. The zero-order valence-corrected chi connectivity index (χ0v) is 15.5. The molecule has 0 amide bonds. The summed E-state index contributed by atoms with van der Waals surface area (Å²) in [5.41, 5.74) is 3.70. The number of nitriles is 1. The summed E-state index contributed by atoms with van der Waals surface area (Å²) in [6, 6.07) is 2.15. The highest BCUT2D eigenvalue weighted by Crippen LogP contribution is 2.40. The summed E-state index contributed by atoms with van der Waals surface area (Å²) >= 11 is 0. The van der Waals surface area contributed by atoms with E-state index in [0.717, 1.165) is 50.6 Å². The van der Waals surface area contributed by atoms with Gasteiger partial charge in [-0.3, -0.25) is 0 Å². The molecule has 2 aliphatic rings. The van der Waals surface area contributed by atoms with Crippen LogP contribution < -0.4 is 0 Å². The highest BCUT2D eigenvalue weighted by atomic mass is 16.5. The van der Waals surface area contributed by atoms with E-state index in [9.17, 15) is 10.1 Å². The minimum Gasteiger partial charge on any atom is -0.461 e. The second kappa shape index (κ2) is 8.37. The molecule has 4 nitrogen and oxygen atoms in total. The summed E-state index contributed by atoms with van der Waals surface area (Å²) in [4.78, 5) is 14.8. The monoisotopic (exact) mass is 330 g/mol. The Labute approximate surface area is 146 Å². The van der Waals surface area contributed by atoms with Crippen molar-refractivity contribution in [3.63, 3.8) is 0 Å². The van der Waals surface area contributed by atoms with Crippen LogP contribution in [0.25, 0.3) is 0 Å². The van der Waals surface area contributed by atoms with Crippen LogP contribution in [0.1, 0.15) is 59.3 Å². The third kappa shape index (κ3) is 4.01. The lowest BCUT2D eigenvalue weighted by Gasteiger charge is -2.37. The summed E-state index contributed by atoms with van der Waals surface area (Å²) in [7, 11) is 2.11. The van der Waals surface area contributed by atoms with E-state index >= 15 is 0 Å². The molecule has 0 saturated heterocycles.